The highest BCUT2D eigenvalue weighted by atomic mass is 32.2. The van der Waals surface area contributed by atoms with Crippen LogP contribution >= 0.6 is 24.0 Å². The van der Waals surface area contributed by atoms with Crippen LogP contribution in [-0.2, 0) is 9.59 Å². The molecule has 10 heteroatoms. The van der Waals surface area contributed by atoms with Gasteiger partial charge in [0.15, 0.2) is 0 Å². The van der Waals surface area contributed by atoms with E-state index in [-0.39, 0.29) is 36.0 Å². The van der Waals surface area contributed by atoms with Crippen molar-refractivity contribution in [1.82, 2.24) is 4.90 Å². The van der Waals surface area contributed by atoms with Gasteiger partial charge in [0.2, 0.25) is 5.91 Å². The summed E-state index contributed by atoms with van der Waals surface area (Å²) in [5, 5.41) is 21.1. The van der Waals surface area contributed by atoms with Crippen LogP contribution in [0.4, 0.5) is 5.69 Å². The topological polar surface area (TPSA) is 120 Å². The molecule has 8 nitrogen and oxygen atoms in total. The fraction of sp³-hybridized carbons (Fsp3) is 0.158. The molecule has 2 heterocycles. The van der Waals surface area contributed by atoms with E-state index in [1.165, 1.54) is 41.1 Å². The number of aromatic hydroxyl groups is 1. The van der Waals surface area contributed by atoms with E-state index in [0.717, 1.165) is 0 Å². The molecular weight excluding hydrogens is 416 g/mol. The summed E-state index contributed by atoms with van der Waals surface area (Å²) < 4.78 is 5.62. The number of furan rings is 1. The zero-order valence-corrected chi connectivity index (χ0v) is 16.6. The maximum Gasteiger partial charge on any atom is 0.339 e. The highest BCUT2D eigenvalue weighted by molar-refractivity contribution is 8.26. The normalized spacial score (nSPS) is 15.2. The maximum absolute atomic E-state index is 12.5. The van der Waals surface area contributed by atoms with Crippen LogP contribution in [-0.4, -0.2) is 43.8 Å². The van der Waals surface area contributed by atoms with Crippen LogP contribution in [0.15, 0.2) is 45.9 Å². The van der Waals surface area contributed by atoms with Crippen molar-refractivity contribution in [2.24, 2.45) is 0 Å². The Kier molecular flexibility index (Phi) is 6.35. The first-order chi connectivity index (χ1) is 13.8. The molecule has 1 aliphatic heterocycles. The van der Waals surface area contributed by atoms with Crippen molar-refractivity contribution in [3.05, 3.63) is 52.8 Å². The Bertz CT molecular complexity index is 1000. The Labute approximate surface area is 175 Å². The number of aromatic carboxylic acids is 1. The summed E-state index contributed by atoms with van der Waals surface area (Å²) in [7, 11) is 0. The van der Waals surface area contributed by atoms with Crippen molar-refractivity contribution >= 4 is 57.8 Å². The molecular formula is C19H16N2O6S2. The number of phenols is 1. The van der Waals surface area contributed by atoms with E-state index in [1.54, 1.807) is 18.2 Å². The van der Waals surface area contributed by atoms with E-state index in [1.807, 2.05) is 0 Å². The minimum atomic E-state index is -1.26. The molecule has 1 fully saturated rings. The first-order valence-corrected chi connectivity index (χ1v) is 9.72. The molecule has 0 aliphatic carbocycles. The standard InChI is InChI=1S/C19H16N2O6S2/c22-14-9-11(5-6-13(14)18(25)26)20-16(23)4-1-7-21-17(24)15(29-19(21)28)10-12-3-2-8-27-12/h2-3,5-6,8-10,22H,1,4,7H2,(H,20,23)(H,25,26)/b15-10-. The molecule has 0 radical (unpaired) electrons. The van der Waals surface area contributed by atoms with Crippen molar-refractivity contribution in [1.29, 1.82) is 0 Å². The van der Waals surface area contributed by atoms with Crippen molar-refractivity contribution in [3.8, 4) is 5.75 Å². The van der Waals surface area contributed by atoms with Crippen LogP contribution in [0.5, 0.6) is 5.75 Å². The number of thioether (sulfide) groups is 1. The molecule has 3 rings (SSSR count). The SMILES string of the molecule is O=C(CCCN1C(=O)/C(=C/c2ccco2)SC1=S)Nc1ccc(C(=O)O)c(O)c1. The number of thiocarbonyl (C=S) groups is 1. The molecule has 1 aromatic carbocycles. The zero-order chi connectivity index (χ0) is 21.0. The lowest BCUT2D eigenvalue weighted by Gasteiger charge is -2.14. The first-order valence-electron chi connectivity index (χ1n) is 8.50. The van der Waals surface area contributed by atoms with Gasteiger partial charge in [-0.25, -0.2) is 4.79 Å². The Morgan fingerprint density at radius 2 is 2.10 bits per heavy atom. The van der Waals surface area contributed by atoms with E-state index >= 15 is 0 Å². The van der Waals surface area contributed by atoms with E-state index in [0.29, 0.717) is 21.4 Å². The molecule has 0 saturated carbocycles. The first kappa shape index (κ1) is 20.6. The Morgan fingerprint density at radius 3 is 2.76 bits per heavy atom. The number of rotatable bonds is 7. The summed E-state index contributed by atoms with van der Waals surface area (Å²) >= 11 is 6.42. The van der Waals surface area contributed by atoms with Crippen LogP contribution < -0.4 is 5.32 Å². The van der Waals surface area contributed by atoms with Gasteiger partial charge in [-0.1, -0.05) is 24.0 Å². The fourth-order valence-corrected chi connectivity index (χ4v) is 3.90. The number of hydrogen-bond acceptors (Lipinski definition) is 7. The molecule has 0 spiro atoms. The summed E-state index contributed by atoms with van der Waals surface area (Å²) in [4.78, 5) is 37.3. The van der Waals surface area contributed by atoms with Crippen molar-refractivity contribution in [2.45, 2.75) is 12.8 Å². The number of nitrogens with one attached hydrogen (secondary N) is 1. The van der Waals surface area contributed by atoms with E-state index in [2.05, 4.69) is 5.32 Å². The molecule has 2 aromatic rings. The Morgan fingerprint density at radius 1 is 1.31 bits per heavy atom. The van der Waals surface area contributed by atoms with Gasteiger partial charge in [-0.2, -0.15) is 0 Å². The van der Waals surface area contributed by atoms with Gasteiger partial charge in [0.25, 0.3) is 5.91 Å². The predicted molar refractivity (Wildman–Crippen MR) is 112 cm³/mol. The third-order valence-electron chi connectivity index (χ3n) is 3.99. The number of carbonyl (C=O) groups is 3. The summed E-state index contributed by atoms with van der Waals surface area (Å²) in [6.07, 6.45) is 3.64. The van der Waals surface area contributed by atoms with Gasteiger partial charge < -0.3 is 19.9 Å². The fourth-order valence-electron chi connectivity index (χ4n) is 2.61. The molecule has 150 valence electrons. The summed E-state index contributed by atoms with van der Waals surface area (Å²) in [5.74, 6) is -1.70. The number of benzene rings is 1. The van der Waals surface area contributed by atoms with E-state index in [9.17, 15) is 19.5 Å². The maximum atomic E-state index is 12.5. The third-order valence-corrected chi connectivity index (χ3v) is 5.37. The third kappa shape index (κ3) is 5.04. The Balaban J connectivity index is 1.51. The smallest absolute Gasteiger partial charge is 0.339 e. The van der Waals surface area contributed by atoms with Gasteiger partial charge in [0, 0.05) is 30.8 Å². The minimum absolute atomic E-state index is 0.121. The molecule has 0 bridgehead atoms. The van der Waals surface area contributed by atoms with Gasteiger partial charge in [-0.3, -0.25) is 14.5 Å². The van der Waals surface area contributed by atoms with Crippen LogP contribution in [0.2, 0.25) is 0 Å². The average Bonchev–Trinajstić information content (AvgIpc) is 3.25. The van der Waals surface area contributed by atoms with Crippen LogP contribution in [0.3, 0.4) is 0 Å². The minimum Gasteiger partial charge on any atom is -0.507 e. The summed E-state index contributed by atoms with van der Waals surface area (Å²) in [6, 6.07) is 7.22. The number of amides is 2. The molecule has 2 amide bonds. The number of carboxylic acids is 1. The zero-order valence-electron chi connectivity index (χ0n) is 15.0. The van der Waals surface area contributed by atoms with Gasteiger partial charge in [0.05, 0.1) is 11.2 Å². The number of nitrogens with zero attached hydrogens (tertiary/aromatic N) is 1. The van der Waals surface area contributed by atoms with Crippen molar-refractivity contribution in [2.75, 3.05) is 11.9 Å². The second kappa shape index (κ2) is 8.93. The molecule has 1 aromatic heterocycles. The van der Waals surface area contributed by atoms with E-state index < -0.39 is 11.7 Å². The summed E-state index contributed by atoms with van der Waals surface area (Å²) in [6.45, 7) is 0.288. The highest BCUT2D eigenvalue weighted by Gasteiger charge is 2.31. The molecule has 29 heavy (non-hydrogen) atoms. The second-order valence-corrected chi connectivity index (χ2v) is 7.71. The highest BCUT2D eigenvalue weighted by Crippen LogP contribution is 2.32. The van der Waals surface area contributed by atoms with E-state index in [4.69, 9.17) is 21.7 Å². The average molecular weight is 432 g/mol. The van der Waals surface area contributed by atoms with Crippen LogP contribution in [0.25, 0.3) is 6.08 Å². The molecule has 0 atom stereocenters. The molecule has 1 saturated heterocycles. The lowest BCUT2D eigenvalue weighted by atomic mass is 10.2. The summed E-state index contributed by atoms with van der Waals surface area (Å²) in [5.41, 5.74) is 0.0319. The largest absolute Gasteiger partial charge is 0.507 e. The van der Waals surface area contributed by atoms with Gasteiger partial charge >= 0.3 is 5.97 Å². The van der Waals surface area contributed by atoms with Crippen LogP contribution in [0.1, 0.15) is 29.0 Å². The predicted octanol–water partition coefficient (Wildman–Crippen LogP) is 3.30. The lowest BCUT2D eigenvalue weighted by Crippen LogP contribution is -2.29. The van der Waals surface area contributed by atoms with Crippen molar-refractivity contribution in [3.63, 3.8) is 0 Å². The molecule has 1 aliphatic rings. The van der Waals surface area contributed by atoms with Gasteiger partial charge in [-0.15, -0.1) is 0 Å². The lowest BCUT2D eigenvalue weighted by molar-refractivity contribution is -0.122. The number of anilines is 1. The number of carbonyl (C=O) groups excluding carboxylic acids is 2. The van der Waals surface area contributed by atoms with Gasteiger partial charge in [0.1, 0.15) is 21.4 Å². The molecule has 0 unspecified atom stereocenters. The number of hydrogen-bond donors (Lipinski definition) is 3. The van der Waals surface area contributed by atoms with Crippen LogP contribution in [0, 0.1) is 0 Å². The quantitative estimate of drug-likeness (QED) is 0.450. The molecule has 3 N–H and O–H groups in total. The Hall–Kier alpha value is -3.11. The second-order valence-electron chi connectivity index (χ2n) is 6.04. The van der Waals surface area contributed by atoms with Crippen molar-refractivity contribution < 1.29 is 29.0 Å². The monoisotopic (exact) mass is 432 g/mol. The number of carboxylic acid groups (broad SMARTS) is 1. The van der Waals surface area contributed by atoms with Gasteiger partial charge in [-0.05, 0) is 30.7 Å².